The van der Waals surface area contributed by atoms with E-state index in [2.05, 4.69) is 22.5 Å². The van der Waals surface area contributed by atoms with Gasteiger partial charge in [0.05, 0.1) is 11.7 Å². The van der Waals surface area contributed by atoms with Crippen LogP contribution >= 0.6 is 0 Å². The number of nitrogens with one attached hydrogen (secondary N) is 3. The normalized spacial score (nSPS) is 21.5. The second kappa shape index (κ2) is 5.99. The van der Waals surface area contributed by atoms with E-state index in [0.717, 1.165) is 12.0 Å². The van der Waals surface area contributed by atoms with Crippen LogP contribution in [0.15, 0.2) is 39.6 Å². The quantitative estimate of drug-likeness (QED) is 0.800. The Kier molecular flexibility index (Phi) is 4.18. The van der Waals surface area contributed by atoms with Crippen LogP contribution in [0.5, 0.6) is 0 Å². The van der Waals surface area contributed by atoms with Crippen molar-refractivity contribution in [2.24, 2.45) is 0 Å². The van der Waals surface area contributed by atoms with E-state index in [-0.39, 0.29) is 10.9 Å². The SMILES string of the molecule is Cc1ccccc1NS(=O)(=O)c1cc(C2CC(C)NN2)oc1C. The fourth-order valence-electron chi connectivity index (χ4n) is 2.71. The van der Waals surface area contributed by atoms with Crippen LogP contribution in [-0.4, -0.2) is 14.5 Å². The molecule has 2 atom stereocenters. The lowest BCUT2D eigenvalue weighted by atomic mass is 10.1. The van der Waals surface area contributed by atoms with E-state index >= 15 is 0 Å². The monoisotopic (exact) mass is 335 g/mol. The molecule has 0 amide bonds. The van der Waals surface area contributed by atoms with Gasteiger partial charge in [-0.1, -0.05) is 18.2 Å². The van der Waals surface area contributed by atoms with Gasteiger partial charge in [-0.2, -0.15) is 0 Å². The van der Waals surface area contributed by atoms with Crippen molar-refractivity contribution >= 4 is 15.7 Å². The Bertz CT molecular complexity index is 814. The van der Waals surface area contributed by atoms with Gasteiger partial charge in [-0.05, 0) is 38.8 Å². The second-order valence-electron chi connectivity index (χ2n) is 5.97. The summed E-state index contributed by atoms with van der Waals surface area (Å²) in [6.45, 7) is 5.59. The molecular formula is C16H21N3O3S. The highest BCUT2D eigenvalue weighted by Gasteiger charge is 2.29. The van der Waals surface area contributed by atoms with E-state index in [1.165, 1.54) is 0 Å². The molecule has 0 spiro atoms. The van der Waals surface area contributed by atoms with E-state index in [0.29, 0.717) is 23.2 Å². The maximum atomic E-state index is 12.7. The molecule has 1 saturated heterocycles. The summed E-state index contributed by atoms with van der Waals surface area (Å²) in [5, 5.41) is 0. The van der Waals surface area contributed by atoms with Crippen molar-refractivity contribution in [2.75, 3.05) is 4.72 Å². The molecule has 0 bridgehead atoms. The summed E-state index contributed by atoms with van der Waals surface area (Å²) in [5.74, 6) is 1.02. The van der Waals surface area contributed by atoms with Gasteiger partial charge in [0.1, 0.15) is 16.4 Å². The van der Waals surface area contributed by atoms with Crippen LogP contribution < -0.4 is 15.6 Å². The lowest BCUT2D eigenvalue weighted by Gasteiger charge is -2.09. The van der Waals surface area contributed by atoms with Gasteiger partial charge in [0.25, 0.3) is 10.0 Å². The molecule has 2 unspecified atom stereocenters. The zero-order valence-electron chi connectivity index (χ0n) is 13.4. The topological polar surface area (TPSA) is 83.4 Å². The third-order valence-corrected chi connectivity index (χ3v) is 5.48. The highest BCUT2D eigenvalue weighted by atomic mass is 32.2. The predicted octanol–water partition coefficient (Wildman–Crippen LogP) is 2.62. The van der Waals surface area contributed by atoms with Crippen molar-refractivity contribution < 1.29 is 12.8 Å². The van der Waals surface area contributed by atoms with Crippen molar-refractivity contribution in [3.05, 3.63) is 47.4 Å². The van der Waals surface area contributed by atoms with Gasteiger partial charge in [0, 0.05) is 12.1 Å². The molecule has 3 N–H and O–H groups in total. The number of rotatable bonds is 4. The Morgan fingerprint density at radius 2 is 1.96 bits per heavy atom. The molecular weight excluding hydrogens is 314 g/mol. The zero-order chi connectivity index (χ0) is 16.6. The number of anilines is 1. The van der Waals surface area contributed by atoms with Crippen LogP contribution in [0.1, 0.15) is 36.5 Å². The molecule has 7 heteroatoms. The van der Waals surface area contributed by atoms with Gasteiger partial charge >= 0.3 is 0 Å². The molecule has 1 aliphatic rings. The lowest BCUT2D eigenvalue weighted by molar-refractivity contribution is 0.416. The van der Waals surface area contributed by atoms with Gasteiger partial charge in [0.2, 0.25) is 0 Å². The van der Waals surface area contributed by atoms with E-state index in [1.54, 1.807) is 25.1 Å². The number of furan rings is 1. The standard InChI is InChI=1S/C16H21N3O3S/c1-10-6-4-5-7-13(10)19-23(20,21)16-9-15(22-12(16)3)14-8-11(2)17-18-14/h4-7,9,11,14,17-19H,8H2,1-3H3. The molecule has 1 fully saturated rings. The first kappa shape index (κ1) is 16.0. The largest absolute Gasteiger partial charge is 0.463 e. The number of sulfonamides is 1. The minimum atomic E-state index is -3.68. The molecule has 2 aromatic rings. The summed E-state index contributed by atoms with van der Waals surface area (Å²) < 4.78 is 33.6. The van der Waals surface area contributed by atoms with Crippen molar-refractivity contribution in [3.63, 3.8) is 0 Å². The number of benzene rings is 1. The van der Waals surface area contributed by atoms with Crippen molar-refractivity contribution in [2.45, 2.75) is 44.2 Å². The Labute approximate surface area is 136 Å². The van der Waals surface area contributed by atoms with Crippen LogP contribution in [0.3, 0.4) is 0 Å². The fraction of sp³-hybridized carbons (Fsp3) is 0.375. The van der Waals surface area contributed by atoms with Crippen LogP contribution in [-0.2, 0) is 10.0 Å². The summed E-state index contributed by atoms with van der Waals surface area (Å²) >= 11 is 0. The highest BCUT2D eigenvalue weighted by Crippen LogP contribution is 2.30. The summed E-state index contributed by atoms with van der Waals surface area (Å²) in [7, 11) is -3.68. The van der Waals surface area contributed by atoms with Gasteiger partial charge in [0.15, 0.2) is 0 Å². The van der Waals surface area contributed by atoms with Crippen molar-refractivity contribution in [3.8, 4) is 0 Å². The molecule has 1 aliphatic heterocycles. The first-order chi connectivity index (χ1) is 10.9. The average molecular weight is 335 g/mol. The molecule has 0 radical (unpaired) electrons. The van der Waals surface area contributed by atoms with E-state index in [4.69, 9.17) is 4.42 Å². The first-order valence-corrected chi connectivity index (χ1v) is 9.05. The third-order valence-electron chi connectivity index (χ3n) is 4.01. The molecule has 3 rings (SSSR count). The molecule has 0 saturated carbocycles. The second-order valence-corrected chi connectivity index (χ2v) is 7.62. The van der Waals surface area contributed by atoms with E-state index in [9.17, 15) is 8.42 Å². The minimum Gasteiger partial charge on any atom is -0.463 e. The number of para-hydroxylation sites is 1. The molecule has 23 heavy (non-hydrogen) atoms. The number of hydrogen-bond donors (Lipinski definition) is 3. The van der Waals surface area contributed by atoms with Gasteiger partial charge in [-0.25, -0.2) is 13.8 Å². The molecule has 1 aromatic heterocycles. The Hall–Kier alpha value is -1.83. The average Bonchev–Trinajstić information content (AvgIpc) is 3.07. The zero-order valence-corrected chi connectivity index (χ0v) is 14.2. The van der Waals surface area contributed by atoms with Gasteiger partial charge < -0.3 is 4.42 Å². The summed E-state index contributed by atoms with van der Waals surface area (Å²) in [6.07, 6.45) is 0.845. The molecule has 2 heterocycles. The van der Waals surface area contributed by atoms with Crippen molar-refractivity contribution in [1.82, 2.24) is 10.9 Å². The summed E-state index contributed by atoms with van der Waals surface area (Å²) in [4.78, 5) is 0.178. The Morgan fingerprint density at radius 1 is 1.22 bits per heavy atom. The smallest absolute Gasteiger partial charge is 0.265 e. The number of hydrogen-bond acceptors (Lipinski definition) is 5. The van der Waals surface area contributed by atoms with Crippen LogP contribution in [0, 0.1) is 13.8 Å². The molecule has 0 aliphatic carbocycles. The molecule has 6 nitrogen and oxygen atoms in total. The summed E-state index contributed by atoms with van der Waals surface area (Å²) in [5.41, 5.74) is 7.66. The van der Waals surface area contributed by atoms with Gasteiger partial charge in [-0.3, -0.25) is 10.1 Å². The van der Waals surface area contributed by atoms with E-state index in [1.807, 2.05) is 19.1 Å². The van der Waals surface area contributed by atoms with Crippen LogP contribution in [0.25, 0.3) is 0 Å². The number of hydrazine groups is 1. The summed E-state index contributed by atoms with van der Waals surface area (Å²) in [6, 6.07) is 9.17. The first-order valence-electron chi connectivity index (χ1n) is 7.56. The Morgan fingerprint density at radius 3 is 2.61 bits per heavy atom. The third kappa shape index (κ3) is 3.26. The van der Waals surface area contributed by atoms with Crippen molar-refractivity contribution in [1.29, 1.82) is 0 Å². The van der Waals surface area contributed by atoms with Crippen LogP contribution in [0.4, 0.5) is 5.69 Å². The molecule has 1 aromatic carbocycles. The van der Waals surface area contributed by atoms with E-state index < -0.39 is 10.0 Å². The highest BCUT2D eigenvalue weighted by molar-refractivity contribution is 7.92. The molecule has 124 valence electrons. The maximum Gasteiger partial charge on any atom is 0.265 e. The minimum absolute atomic E-state index is 0.0221. The van der Waals surface area contributed by atoms with Crippen LogP contribution in [0.2, 0.25) is 0 Å². The lowest BCUT2D eigenvalue weighted by Crippen LogP contribution is -2.28. The predicted molar refractivity (Wildman–Crippen MR) is 88.5 cm³/mol. The Balaban J connectivity index is 1.88. The maximum absolute atomic E-state index is 12.7. The fourth-order valence-corrected chi connectivity index (χ4v) is 4.03. The number of aryl methyl sites for hydroxylation is 2. The van der Waals surface area contributed by atoms with Gasteiger partial charge in [-0.15, -0.1) is 0 Å².